The number of carbonyl (C=O) groups excluding carboxylic acids is 1. The van der Waals surface area contributed by atoms with Crippen LogP contribution in [-0.2, 0) is 11.3 Å². The van der Waals surface area contributed by atoms with E-state index in [1.54, 1.807) is 42.5 Å². The Balaban J connectivity index is 1.81. The third-order valence-corrected chi connectivity index (χ3v) is 3.86. The van der Waals surface area contributed by atoms with Gasteiger partial charge in [-0.1, -0.05) is 24.3 Å². The summed E-state index contributed by atoms with van der Waals surface area (Å²) in [6.45, 7) is 0.335. The SMILES string of the molecule is COC(=O)c1ccc(NCc2cc(O)c3ccccc3c2O)cc1. The lowest BCUT2D eigenvalue weighted by Crippen LogP contribution is -2.03. The van der Waals surface area contributed by atoms with Crippen molar-refractivity contribution in [2.75, 3.05) is 12.4 Å². The Morgan fingerprint density at radius 3 is 2.38 bits per heavy atom. The van der Waals surface area contributed by atoms with Crippen LogP contribution in [0.1, 0.15) is 15.9 Å². The average molecular weight is 323 g/mol. The molecule has 5 nitrogen and oxygen atoms in total. The maximum absolute atomic E-state index is 11.4. The summed E-state index contributed by atoms with van der Waals surface area (Å²) in [5, 5.41) is 24.9. The van der Waals surface area contributed by atoms with E-state index in [1.165, 1.54) is 7.11 Å². The molecule has 0 saturated heterocycles. The van der Waals surface area contributed by atoms with Gasteiger partial charge in [0.1, 0.15) is 11.5 Å². The molecule has 0 saturated carbocycles. The lowest BCUT2D eigenvalue weighted by Gasteiger charge is -2.12. The van der Waals surface area contributed by atoms with Crippen LogP contribution in [0.3, 0.4) is 0 Å². The maximum Gasteiger partial charge on any atom is 0.337 e. The molecule has 5 heteroatoms. The first-order valence-corrected chi connectivity index (χ1v) is 7.45. The fraction of sp³-hybridized carbons (Fsp3) is 0.105. The molecule has 3 N–H and O–H groups in total. The van der Waals surface area contributed by atoms with Crippen LogP contribution in [0.2, 0.25) is 0 Å². The molecule has 0 aliphatic rings. The third kappa shape index (κ3) is 2.96. The number of rotatable bonds is 4. The number of hydrogen-bond acceptors (Lipinski definition) is 5. The molecule has 0 spiro atoms. The van der Waals surface area contributed by atoms with Crippen molar-refractivity contribution < 1.29 is 19.7 Å². The van der Waals surface area contributed by atoms with Gasteiger partial charge < -0.3 is 20.3 Å². The fourth-order valence-corrected chi connectivity index (χ4v) is 2.57. The maximum atomic E-state index is 11.4. The van der Waals surface area contributed by atoms with E-state index in [1.807, 2.05) is 12.1 Å². The Hall–Kier alpha value is -3.21. The number of esters is 1. The monoisotopic (exact) mass is 323 g/mol. The molecular weight excluding hydrogens is 306 g/mol. The van der Waals surface area contributed by atoms with Crippen molar-refractivity contribution in [3.63, 3.8) is 0 Å². The first kappa shape index (κ1) is 15.7. The number of aromatic hydroxyl groups is 2. The number of benzene rings is 3. The van der Waals surface area contributed by atoms with Crippen molar-refractivity contribution in [2.45, 2.75) is 6.54 Å². The molecule has 0 aliphatic carbocycles. The van der Waals surface area contributed by atoms with E-state index in [4.69, 9.17) is 0 Å². The Labute approximate surface area is 139 Å². The molecule has 0 unspecified atom stereocenters. The van der Waals surface area contributed by atoms with E-state index in [0.29, 0.717) is 28.4 Å². The summed E-state index contributed by atoms with van der Waals surface area (Å²) in [4.78, 5) is 11.4. The van der Waals surface area contributed by atoms with Crippen molar-refractivity contribution in [1.82, 2.24) is 0 Å². The second kappa shape index (κ2) is 6.50. The van der Waals surface area contributed by atoms with Crippen LogP contribution >= 0.6 is 0 Å². The van der Waals surface area contributed by atoms with E-state index in [0.717, 1.165) is 5.69 Å². The molecule has 0 radical (unpaired) electrons. The molecule has 3 aromatic carbocycles. The van der Waals surface area contributed by atoms with Gasteiger partial charge in [-0.05, 0) is 30.3 Å². The van der Waals surface area contributed by atoms with Crippen molar-refractivity contribution in [1.29, 1.82) is 0 Å². The highest BCUT2D eigenvalue weighted by atomic mass is 16.5. The van der Waals surface area contributed by atoms with Crippen LogP contribution in [0.25, 0.3) is 10.8 Å². The number of phenolic OH excluding ortho intramolecular Hbond substituents is 2. The summed E-state index contributed by atoms with van der Waals surface area (Å²) in [7, 11) is 1.34. The van der Waals surface area contributed by atoms with Gasteiger partial charge >= 0.3 is 5.97 Å². The van der Waals surface area contributed by atoms with Crippen molar-refractivity contribution in [3.05, 3.63) is 65.7 Å². The Kier molecular flexibility index (Phi) is 4.24. The van der Waals surface area contributed by atoms with Crippen molar-refractivity contribution in [2.24, 2.45) is 0 Å². The van der Waals surface area contributed by atoms with Gasteiger partial charge in [-0.2, -0.15) is 0 Å². The molecule has 3 aromatic rings. The summed E-state index contributed by atoms with van der Waals surface area (Å²) < 4.78 is 4.66. The normalized spacial score (nSPS) is 10.5. The van der Waals surface area contributed by atoms with Gasteiger partial charge in [-0.15, -0.1) is 0 Å². The van der Waals surface area contributed by atoms with E-state index in [9.17, 15) is 15.0 Å². The number of methoxy groups -OCH3 is 1. The van der Waals surface area contributed by atoms with Crippen LogP contribution in [0.15, 0.2) is 54.6 Å². The van der Waals surface area contributed by atoms with Crippen LogP contribution < -0.4 is 5.32 Å². The molecule has 122 valence electrons. The zero-order chi connectivity index (χ0) is 17.1. The molecule has 0 aliphatic heterocycles. The summed E-state index contributed by atoms with van der Waals surface area (Å²) >= 11 is 0. The topological polar surface area (TPSA) is 78.8 Å². The molecule has 0 fully saturated rings. The molecule has 24 heavy (non-hydrogen) atoms. The molecule has 0 aromatic heterocycles. The van der Waals surface area contributed by atoms with Gasteiger partial charge in [-0.25, -0.2) is 4.79 Å². The van der Waals surface area contributed by atoms with Gasteiger partial charge in [-0.3, -0.25) is 0 Å². The van der Waals surface area contributed by atoms with Crippen LogP contribution in [0, 0.1) is 0 Å². The predicted octanol–water partition coefficient (Wildman–Crippen LogP) is 3.65. The number of hydrogen-bond donors (Lipinski definition) is 3. The molecule has 0 heterocycles. The number of ether oxygens (including phenoxy) is 1. The highest BCUT2D eigenvalue weighted by Crippen LogP contribution is 2.35. The van der Waals surface area contributed by atoms with Crippen LogP contribution in [-0.4, -0.2) is 23.3 Å². The van der Waals surface area contributed by atoms with E-state index in [-0.39, 0.29) is 11.5 Å². The fourth-order valence-electron chi connectivity index (χ4n) is 2.57. The lowest BCUT2D eigenvalue weighted by molar-refractivity contribution is 0.0601. The zero-order valence-corrected chi connectivity index (χ0v) is 13.1. The van der Waals surface area contributed by atoms with Gasteiger partial charge in [0, 0.05) is 28.6 Å². The van der Waals surface area contributed by atoms with Gasteiger partial charge in [0.2, 0.25) is 0 Å². The number of fused-ring (bicyclic) bond motifs is 1. The second-order valence-electron chi connectivity index (χ2n) is 5.37. The molecule has 0 atom stereocenters. The highest BCUT2D eigenvalue weighted by Gasteiger charge is 2.11. The van der Waals surface area contributed by atoms with Gasteiger partial charge in [0.15, 0.2) is 0 Å². The predicted molar refractivity (Wildman–Crippen MR) is 92.4 cm³/mol. The number of nitrogens with one attached hydrogen (secondary N) is 1. The summed E-state index contributed by atoms with van der Waals surface area (Å²) in [5.41, 5.74) is 1.84. The Morgan fingerprint density at radius 1 is 1.04 bits per heavy atom. The third-order valence-electron chi connectivity index (χ3n) is 3.86. The number of anilines is 1. The molecule has 0 amide bonds. The summed E-state index contributed by atoms with van der Waals surface area (Å²) in [5.74, 6) is -0.123. The molecule has 0 bridgehead atoms. The van der Waals surface area contributed by atoms with Crippen LogP contribution in [0.4, 0.5) is 5.69 Å². The standard InChI is InChI=1S/C19H17NO4/c1-24-19(23)12-6-8-14(9-7-12)20-11-13-10-17(21)15-4-2-3-5-16(15)18(13)22/h2-10,20-22H,11H2,1H3. The quantitative estimate of drug-likeness (QED) is 0.504. The smallest absolute Gasteiger partial charge is 0.337 e. The number of phenols is 2. The van der Waals surface area contributed by atoms with Crippen molar-refractivity contribution in [3.8, 4) is 11.5 Å². The first-order valence-electron chi connectivity index (χ1n) is 7.45. The second-order valence-corrected chi connectivity index (χ2v) is 5.37. The minimum atomic E-state index is -0.390. The zero-order valence-electron chi connectivity index (χ0n) is 13.1. The van der Waals surface area contributed by atoms with Gasteiger partial charge in [0.05, 0.1) is 12.7 Å². The van der Waals surface area contributed by atoms with Crippen LogP contribution in [0.5, 0.6) is 11.5 Å². The van der Waals surface area contributed by atoms with Crippen molar-refractivity contribution >= 4 is 22.4 Å². The minimum Gasteiger partial charge on any atom is -0.507 e. The molecule has 3 rings (SSSR count). The lowest BCUT2D eigenvalue weighted by atomic mass is 10.0. The largest absolute Gasteiger partial charge is 0.507 e. The Morgan fingerprint density at radius 2 is 1.71 bits per heavy atom. The summed E-state index contributed by atoms with van der Waals surface area (Å²) in [6.07, 6.45) is 0. The average Bonchev–Trinajstić information content (AvgIpc) is 2.63. The first-order chi connectivity index (χ1) is 11.6. The summed E-state index contributed by atoms with van der Waals surface area (Å²) in [6, 6.07) is 15.5. The number of carbonyl (C=O) groups is 1. The highest BCUT2D eigenvalue weighted by molar-refractivity contribution is 5.94. The van der Waals surface area contributed by atoms with E-state index >= 15 is 0 Å². The Bertz CT molecular complexity index is 888. The van der Waals surface area contributed by atoms with Gasteiger partial charge in [0.25, 0.3) is 0 Å². The van der Waals surface area contributed by atoms with E-state index < -0.39 is 5.97 Å². The molecular formula is C19H17NO4. The minimum absolute atomic E-state index is 0.126. The van der Waals surface area contributed by atoms with E-state index in [2.05, 4.69) is 10.1 Å².